The van der Waals surface area contributed by atoms with E-state index in [9.17, 15) is 9.59 Å². The van der Waals surface area contributed by atoms with Gasteiger partial charge in [0.2, 0.25) is 5.91 Å². The molecule has 3 fully saturated rings. The summed E-state index contributed by atoms with van der Waals surface area (Å²) >= 11 is 0. The minimum Gasteiger partial charge on any atom is -0.497 e. The lowest BCUT2D eigenvalue weighted by atomic mass is 10.0. The van der Waals surface area contributed by atoms with Crippen molar-refractivity contribution in [3.8, 4) is 11.5 Å². The van der Waals surface area contributed by atoms with Crippen LogP contribution in [0, 0.1) is 0 Å². The van der Waals surface area contributed by atoms with Crippen molar-refractivity contribution in [1.82, 2.24) is 4.90 Å². The quantitative estimate of drug-likeness (QED) is 0.730. The number of hydrogen-bond donors (Lipinski definition) is 0. The lowest BCUT2D eigenvalue weighted by Gasteiger charge is -2.39. The summed E-state index contributed by atoms with van der Waals surface area (Å²) in [6.45, 7) is 2.56. The molecule has 4 rings (SSSR count). The molecule has 8 nitrogen and oxygen atoms in total. The molecule has 3 saturated heterocycles. The highest BCUT2D eigenvalue weighted by molar-refractivity contribution is 6.23. The van der Waals surface area contributed by atoms with Gasteiger partial charge >= 0.3 is 0 Å². The molecule has 2 amide bonds. The average molecular weight is 376 g/mol. The third-order valence-corrected chi connectivity index (χ3v) is 5.56. The van der Waals surface area contributed by atoms with Crippen LogP contribution >= 0.6 is 0 Å². The van der Waals surface area contributed by atoms with Gasteiger partial charge in [-0.25, -0.2) is 4.90 Å². The predicted octanol–water partition coefficient (Wildman–Crippen LogP) is 1.17. The van der Waals surface area contributed by atoms with Crippen molar-refractivity contribution < 1.29 is 28.5 Å². The topological polar surface area (TPSA) is 77.5 Å². The molecule has 8 heteroatoms. The van der Waals surface area contributed by atoms with E-state index >= 15 is 0 Å². The Hall–Kier alpha value is -2.16. The van der Waals surface area contributed by atoms with E-state index in [0.29, 0.717) is 56.3 Å². The summed E-state index contributed by atoms with van der Waals surface area (Å²) in [6, 6.07) is 4.61. The second-order valence-electron chi connectivity index (χ2n) is 6.97. The number of benzene rings is 1. The van der Waals surface area contributed by atoms with Gasteiger partial charge in [0.05, 0.1) is 45.6 Å². The Morgan fingerprint density at radius 1 is 1.07 bits per heavy atom. The molecule has 27 heavy (non-hydrogen) atoms. The Kier molecular flexibility index (Phi) is 4.79. The van der Waals surface area contributed by atoms with E-state index in [1.54, 1.807) is 25.3 Å². The zero-order valence-electron chi connectivity index (χ0n) is 15.6. The van der Waals surface area contributed by atoms with Gasteiger partial charge in [0.15, 0.2) is 5.79 Å². The van der Waals surface area contributed by atoms with Gasteiger partial charge in [-0.2, -0.15) is 0 Å². The largest absolute Gasteiger partial charge is 0.497 e. The first kappa shape index (κ1) is 18.2. The van der Waals surface area contributed by atoms with Crippen LogP contribution in [0.3, 0.4) is 0 Å². The van der Waals surface area contributed by atoms with Gasteiger partial charge < -0.3 is 18.9 Å². The minimum atomic E-state index is -0.499. The molecule has 3 aliphatic rings. The number of anilines is 1. The zero-order chi connectivity index (χ0) is 19.0. The van der Waals surface area contributed by atoms with Crippen molar-refractivity contribution in [3.05, 3.63) is 18.2 Å². The second kappa shape index (κ2) is 7.10. The van der Waals surface area contributed by atoms with E-state index in [0.717, 1.165) is 0 Å². The number of carbonyl (C=O) groups is 2. The molecule has 3 aliphatic heterocycles. The number of likely N-dealkylation sites (tertiary alicyclic amines) is 1. The molecule has 0 bridgehead atoms. The summed E-state index contributed by atoms with van der Waals surface area (Å²) in [4.78, 5) is 29.0. The molecular weight excluding hydrogens is 352 g/mol. The van der Waals surface area contributed by atoms with Gasteiger partial charge in [-0.3, -0.25) is 14.5 Å². The van der Waals surface area contributed by atoms with Crippen LogP contribution in [0.25, 0.3) is 0 Å². The van der Waals surface area contributed by atoms with Crippen molar-refractivity contribution in [3.63, 3.8) is 0 Å². The number of ether oxygens (including phenoxy) is 4. The zero-order valence-corrected chi connectivity index (χ0v) is 15.6. The predicted molar refractivity (Wildman–Crippen MR) is 95.9 cm³/mol. The van der Waals surface area contributed by atoms with Crippen molar-refractivity contribution in [2.75, 3.05) is 45.4 Å². The van der Waals surface area contributed by atoms with Gasteiger partial charge in [0.1, 0.15) is 11.5 Å². The van der Waals surface area contributed by atoms with E-state index in [1.165, 1.54) is 12.0 Å². The van der Waals surface area contributed by atoms with Gasteiger partial charge in [-0.15, -0.1) is 0 Å². The lowest BCUT2D eigenvalue weighted by molar-refractivity contribution is -0.188. The first-order chi connectivity index (χ1) is 13.1. The van der Waals surface area contributed by atoms with Crippen LogP contribution in [0.5, 0.6) is 11.5 Å². The molecule has 0 N–H and O–H groups in total. The third kappa shape index (κ3) is 3.18. The van der Waals surface area contributed by atoms with E-state index in [1.807, 2.05) is 0 Å². The highest BCUT2D eigenvalue weighted by Crippen LogP contribution is 2.38. The number of methoxy groups -OCH3 is 2. The molecular formula is C19H24N2O6. The third-order valence-electron chi connectivity index (χ3n) is 5.56. The molecule has 0 unspecified atom stereocenters. The fraction of sp³-hybridized carbons (Fsp3) is 0.579. The van der Waals surface area contributed by atoms with Gasteiger partial charge in [-0.05, 0) is 12.1 Å². The van der Waals surface area contributed by atoms with Crippen molar-refractivity contribution in [2.45, 2.75) is 31.1 Å². The van der Waals surface area contributed by atoms with Crippen LogP contribution in [0.4, 0.5) is 5.69 Å². The molecule has 146 valence electrons. The van der Waals surface area contributed by atoms with E-state index in [-0.39, 0.29) is 18.2 Å². The van der Waals surface area contributed by atoms with Crippen LogP contribution in [0.15, 0.2) is 18.2 Å². The Morgan fingerprint density at radius 2 is 1.78 bits per heavy atom. The van der Waals surface area contributed by atoms with Crippen molar-refractivity contribution >= 4 is 17.5 Å². The second-order valence-corrected chi connectivity index (χ2v) is 6.97. The van der Waals surface area contributed by atoms with Crippen molar-refractivity contribution in [2.24, 2.45) is 0 Å². The highest BCUT2D eigenvalue weighted by atomic mass is 16.7. The van der Waals surface area contributed by atoms with Crippen LogP contribution in [-0.2, 0) is 19.1 Å². The van der Waals surface area contributed by atoms with Crippen molar-refractivity contribution in [1.29, 1.82) is 0 Å². The molecule has 1 aromatic rings. The standard InChI is InChI=1S/C19H24N2O6/c1-24-13-3-4-14(16(11-13)25-2)21-17(22)12-15(18(21)23)20-7-5-19(6-8-20)26-9-10-27-19/h3-4,11,15H,5-10,12H2,1-2H3/t15-/m1/s1. The molecule has 0 aromatic heterocycles. The average Bonchev–Trinajstić information content (AvgIpc) is 3.26. The molecule has 0 saturated carbocycles. The fourth-order valence-electron chi connectivity index (χ4n) is 4.09. The first-order valence-electron chi connectivity index (χ1n) is 9.18. The highest BCUT2D eigenvalue weighted by Gasteiger charge is 2.47. The summed E-state index contributed by atoms with van der Waals surface area (Å²) in [5.41, 5.74) is 0.451. The molecule has 0 radical (unpaired) electrons. The molecule has 3 heterocycles. The minimum absolute atomic E-state index is 0.169. The molecule has 0 aliphatic carbocycles. The van der Waals surface area contributed by atoms with Gasteiger partial charge in [0, 0.05) is 32.0 Å². The maximum atomic E-state index is 13.1. The number of amides is 2. The Balaban J connectivity index is 1.51. The number of nitrogens with zero attached hydrogens (tertiary/aromatic N) is 2. The maximum Gasteiger partial charge on any atom is 0.251 e. The SMILES string of the molecule is COc1ccc(N2C(=O)C[C@@H](N3CCC4(CC3)OCCO4)C2=O)c(OC)c1. The summed E-state index contributed by atoms with van der Waals surface area (Å²) in [6.07, 6.45) is 1.58. The van der Waals surface area contributed by atoms with E-state index < -0.39 is 11.8 Å². The summed E-state index contributed by atoms with van der Waals surface area (Å²) < 4.78 is 22.0. The van der Waals surface area contributed by atoms with Crippen LogP contribution in [0.2, 0.25) is 0 Å². The lowest BCUT2D eigenvalue weighted by Crippen LogP contribution is -2.51. The van der Waals surface area contributed by atoms with Crippen LogP contribution in [0.1, 0.15) is 19.3 Å². The number of hydrogen-bond acceptors (Lipinski definition) is 7. The first-order valence-corrected chi connectivity index (χ1v) is 9.18. The Morgan fingerprint density at radius 3 is 2.41 bits per heavy atom. The normalized spacial score (nSPS) is 25.4. The van der Waals surface area contributed by atoms with Gasteiger partial charge in [0.25, 0.3) is 5.91 Å². The molecule has 1 aromatic carbocycles. The van der Waals surface area contributed by atoms with E-state index in [4.69, 9.17) is 18.9 Å². The maximum absolute atomic E-state index is 13.1. The summed E-state index contributed by atoms with van der Waals surface area (Å²) in [5, 5.41) is 0. The summed E-state index contributed by atoms with van der Waals surface area (Å²) in [5.74, 6) is 0.0992. The Labute approximate surface area is 157 Å². The smallest absolute Gasteiger partial charge is 0.251 e. The number of piperidine rings is 1. The molecule has 1 spiro atoms. The molecule has 1 atom stereocenters. The number of rotatable bonds is 4. The van der Waals surface area contributed by atoms with E-state index in [2.05, 4.69) is 4.90 Å². The number of imide groups is 1. The van der Waals surface area contributed by atoms with Crippen LogP contribution < -0.4 is 14.4 Å². The monoisotopic (exact) mass is 376 g/mol. The number of carbonyl (C=O) groups excluding carboxylic acids is 2. The fourth-order valence-corrected chi connectivity index (χ4v) is 4.09. The van der Waals surface area contributed by atoms with Gasteiger partial charge in [-0.1, -0.05) is 0 Å². The summed E-state index contributed by atoms with van der Waals surface area (Å²) in [7, 11) is 3.06. The Bertz CT molecular complexity index is 736. The van der Waals surface area contributed by atoms with Crippen LogP contribution in [-0.4, -0.2) is 69.1 Å².